The summed E-state index contributed by atoms with van der Waals surface area (Å²) in [5.74, 6) is -1.39. The van der Waals surface area contributed by atoms with Crippen molar-refractivity contribution in [1.29, 1.82) is 0 Å². The zero-order valence-electron chi connectivity index (χ0n) is 14.7. The van der Waals surface area contributed by atoms with Gasteiger partial charge < -0.3 is 0 Å². The van der Waals surface area contributed by atoms with Gasteiger partial charge in [0.05, 0.1) is 16.6 Å². The summed E-state index contributed by atoms with van der Waals surface area (Å²) in [5, 5.41) is 1.05. The molecule has 2 aromatic heterocycles. The Morgan fingerprint density at radius 2 is 1.64 bits per heavy atom. The van der Waals surface area contributed by atoms with Crippen molar-refractivity contribution in [3.05, 3.63) is 77.4 Å². The van der Waals surface area contributed by atoms with Gasteiger partial charge in [-0.2, -0.15) is 0 Å². The fraction of sp³-hybridized carbons (Fsp3) is 0.0476. The van der Waals surface area contributed by atoms with Crippen LogP contribution in [0.25, 0.3) is 21.8 Å². The number of hydrogen-bond donors (Lipinski definition) is 0. The van der Waals surface area contributed by atoms with E-state index in [2.05, 4.69) is 15.0 Å². The van der Waals surface area contributed by atoms with Gasteiger partial charge in [0.25, 0.3) is 11.8 Å². The Bertz CT molecular complexity index is 1330. The number of hydrogen-bond acceptors (Lipinski definition) is 6. The maximum absolute atomic E-state index is 13.4. The van der Waals surface area contributed by atoms with Crippen LogP contribution in [-0.4, -0.2) is 44.5 Å². The van der Waals surface area contributed by atoms with Crippen molar-refractivity contribution in [2.24, 2.45) is 0 Å². The van der Waals surface area contributed by atoms with Crippen molar-refractivity contribution in [3.63, 3.8) is 0 Å². The predicted molar refractivity (Wildman–Crippen MR) is 101 cm³/mol. The Morgan fingerprint density at radius 3 is 2.39 bits per heavy atom. The SMILES string of the molecule is CN1C(=O)c2cccc3c2c(c(C(=O)c2ccccn2)c2nccnc23)C1=O. The highest BCUT2D eigenvalue weighted by molar-refractivity contribution is 6.34. The molecule has 0 aliphatic carbocycles. The van der Waals surface area contributed by atoms with Crippen molar-refractivity contribution >= 4 is 39.4 Å². The Morgan fingerprint density at radius 1 is 0.857 bits per heavy atom. The summed E-state index contributed by atoms with van der Waals surface area (Å²) in [6.45, 7) is 0. The van der Waals surface area contributed by atoms with Gasteiger partial charge in [-0.25, -0.2) is 0 Å². The lowest BCUT2D eigenvalue weighted by molar-refractivity contribution is 0.0648. The minimum absolute atomic E-state index is 0.117. The van der Waals surface area contributed by atoms with E-state index in [1.165, 1.54) is 25.6 Å². The van der Waals surface area contributed by atoms with Crippen LogP contribution in [0.15, 0.2) is 55.0 Å². The van der Waals surface area contributed by atoms with Crippen LogP contribution in [0.3, 0.4) is 0 Å². The number of benzene rings is 2. The molecule has 4 aromatic rings. The van der Waals surface area contributed by atoms with E-state index in [1.54, 1.807) is 36.4 Å². The third kappa shape index (κ3) is 2.04. The lowest BCUT2D eigenvalue weighted by Crippen LogP contribution is -2.38. The van der Waals surface area contributed by atoms with Crippen LogP contribution >= 0.6 is 0 Å². The first-order chi connectivity index (χ1) is 13.6. The van der Waals surface area contributed by atoms with Crippen molar-refractivity contribution in [2.45, 2.75) is 0 Å². The summed E-state index contributed by atoms with van der Waals surface area (Å²) >= 11 is 0. The van der Waals surface area contributed by atoms with Gasteiger partial charge >= 0.3 is 0 Å². The zero-order chi connectivity index (χ0) is 19.4. The molecular formula is C21H12N4O3. The number of nitrogens with zero attached hydrogens (tertiary/aromatic N) is 4. The highest BCUT2D eigenvalue weighted by atomic mass is 16.2. The summed E-state index contributed by atoms with van der Waals surface area (Å²) < 4.78 is 0. The monoisotopic (exact) mass is 368 g/mol. The summed E-state index contributed by atoms with van der Waals surface area (Å²) in [7, 11) is 1.41. The molecule has 2 amide bonds. The van der Waals surface area contributed by atoms with E-state index in [-0.39, 0.29) is 16.8 Å². The molecule has 1 aliphatic heterocycles. The number of rotatable bonds is 2. The smallest absolute Gasteiger partial charge is 0.261 e. The fourth-order valence-electron chi connectivity index (χ4n) is 3.66. The van der Waals surface area contributed by atoms with Crippen LogP contribution in [0.2, 0.25) is 0 Å². The Kier molecular flexibility index (Phi) is 3.33. The lowest BCUT2D eigenvalue weighted by atomic mass is 9.87. The Balaban J connectivity index is 2.02. The lowest BCUT2D eigenvalue weighted by Gasteiger charge is -2.26. The largest absolute Gasteiger partial charge is 0.287 e. The van der Waals surface area contributed by atoms with Gasteiger partial charge in [-0.15, -0.1) is 0 Å². The number of carbonyl (C=O) groups excluding carboxylic acids is 3. The number of fused-ring (bicyclic) bond motifs is 2. The van der Waals surface area contributed by atoms with Crippen LogP contribution in [0, 0.1) is 0 Å². The highest BCUT2D eigenvalue weighted by Crippen LogP contribution is 2.37. The van der Waals surface area contributed by atoms with Gasteiger partial charge in [-0.3, -0.25) is 34.2 Å². The molecule has 0 saturated heterocycles. The van der Waals surface area contributed by atoms with E-state index in [1.807, 2.05) is 0 Å². The molecule has 0 unspecified atom stereocenters. The number of ketones is 1. The van der Waals surface area contributed by atoms with E-state index < -0.39 is 17.6 Å². The summed E-state index contributed by atoms with van der Waals surface area (Å²) in [6.07, 6.45) is 4.50. The summed E-state index contributed by atoms with van der Waals surface area (Å²) in [4.78, 5) is 53.0. The van der Waals surface area contributed by atoms with Gasteiger partial charge in [0.1, 0.15) is 11.2 Å². The molecule has 1 aliphatic rings. The number of imide groups is 1. The summed E-state index contributed by atoms with van der Waals surface area (Å²) in [5.41, 5.74) is 1.61. The molecule has 2 aromatic carbocycles. The highest BCUT2D eigenvalue weighted by Gasteiger charge is 2.36. The van der Waals surface area contributed by atoms with Gasteiger partial charge in [-0.1, -0.05) is 18.2 Å². The second-order valence-electron chi connectivity index (χ2n) is 6.45. The van der Waals surface area contributed by atoms with Gasteiger partial charge in [-0.05, 0) is 18.2 Å². The van der Waals surface area contributed by atoms with E-state index in [9.17, 15) is 14.4 Å². The average Bonchev–Trinajstić information content (AvgIpc) is 2.75. The molecule has 7 heteroatoms. The average molecular weight is 368 g/mol. The van der Waals surface area contributed by atoms with Crippen molar-refractivity contribution in [2.75, 3.05) is 7.05 Å². The molecule has 0 saturated carbocycles. The maximum atomic E-state index is 13.4. The van der Waals surface area contributed by atoms with Gasteiger partial charge in [0.2, 0.25) is 5.78 Å². The minimum atomic E-state index is -0.541. The van der Waals surface area contributed by atoms with Crippen LogP contribution in [0.5, 0.6) is 0 Å². The fourth-order valence-corrected chi connectivity index (χ4v) is 3.66. The molecule has 134 valence electrons. The normalized spacial score (nSPS) is 13.4. The van der Waals surface area contributed by atoms with Gasteiger partial charge in [0.15, 0.2) is 0 Å². The number of aromatic nitrogens is 3. The van der Waals surface area contributed by atoms with Crippen LogP contribution in [0.1, 0.15) is 36.8 Å². The molecule has 0 fully saturated rings. The van der Waals surface area contributed by atoms with E-state index in [4.69, 9.17) is 0 Å². The molecule has 3 heterocycles. The molecule has 7 nitrogen and oxygen atoms in total. The predicted octanol–water partition coefficient (Wildman–Crippen LogP) is 2.63. The van der Waals surface area contributed by atoms with E-state index in [0.29, 0.717) is 27.4 Å². The molecule has 0 spiro atoms. The Labute approximate surface area is 158 Å². The third-order valence-electron chi connectivity index (χ3n) is 4.93. The number of pyridine rings is 1. The van der Waals surface area contributed by atoms with Crippen molar-refractivity contribution < 1.29 is 14.4 Å². The Hall–Kier alpha value is -4.00. The molecule has 5 rings (SSSR count). The van der Waals surface area contributed by atoms with Crippen LogP contribution < -0.4 is 0 Å². The molecule has 0 N–H and O–H groups in total. The first-order valence-corrected chi connectivity index (χ1v) is 8.57. The molecule has 0 radical (unpaired) electrons. The van der Waals surface area contributed by atoms with Crippen LogP contribution in [0.4, 0.5) is 0 Å². The van der Waals surface area contributed by atoms with Gasteiger partial charge in [0, 0.05) is 42.0 Å². The van der Waals surface area contributed by atoms with E-state index >= 15 is 0 Å². The number of amides is 2. The molecule has 28 heavy (non-hydrogen) atoms. The maximum Gasteiger partial charge on any atom is 0.261 e. The first kappa shape index (κ1) is 16.2. The molecular weight excluding hydrogens is 356 g/mol. The second-order valence-corrected chi connectivity index (χ2v) is 6.45. The zero-order valence-corrected chi connectivity index (χ0v) is 14.7. The topological polar surface area (TPSA) is 93.1 Å². The quantitative estimate of drug-likeness (QED) is 0.307. The summed E-state index contributed by atoms with van der Waals surface area (Å²) in [6, 6.07) is 10.1. The molecule has 0 atom stereocenters. The van der Waals surface area contributed by atoms with Crippen molar-refractivity contribution in [3.8, 4) is 0 Å². The standard InChI is InChI=1S/C21H12N4O3/c1-25-20(27)12-6-4-5-11-14(12)15(21(25)28)16(18-17(11)23-9-10-24-18)19(26)13-7-2-3-8-22-13/h2-10H,1H3. The third-order valence-corrected chi connectivity index (χ3v) is 4.93. The van der Waals surface area contributed by atoms with E-state index in [0.717, 1.165) is 4.90 Å². The second kappa shape index (κ2) is 5.75. The number of carbonyl (C=O) groups is 3. The minimum Gasteiger partial charge on any atom is -0.287 e. The van der Waals surface area contributed by atoms with Crippen molar-refractivity contribution in [1.82, 2.24) is 19.9 Å². The van der Waals surface area contributed by atoms with Crippen LogP contribution in [-0.2, 0) is 0 Å². The first-order valence-electron chi connectivity index (χ1n) is 8.57. The molecule has 0 bridgehead atoms.